The maximum Gasteiger partial charge on any atom is 0.269 e. The average molecular weight is 325 g/mol. The largest absolute Gasteiger partial charge is 0.394 e. The molecule has 0 aliphatic heterocycles. The van der Waals surface area contributed by atoms with Gasteiger partial charge in [0.05, 0.1) is 18.1 Å². The Bertz CT molecular complexity index is 441. The van der Waals surface area contributed by atoms with Crippen LogP contribution in [0.5, 0.6) is 0 Å². The van der Waals surface area contributed by atoms with E-state index in [2.05, 4.69) is 13.5 Å². The van der Waals surface area contributed by atoms with Crippen molar-refractivity contribution in [2.45, 2.75) is 39.5 Å². The summed E-state index contributed by atoms with van der Waals surface area (Å²) in [6.07, 6.45) is 5.89. The van der Waals surface area contributed by atoms with Crippen LogP contribution in [0.4, 0.5) is 5.69 Å². The zero-order valence-corrected chi connectivity index (χ0v) is 13.9. The van der Waals surface area contributed by atoms with Gasteiger partial charge in [0.1, 0.15) is 5.78 Å². The Morgan fingerprint density at radius 3 is 2.04 bits per heavy atom. The lowest BCUT2D eigenvalue weighted by Crippen LogP contribution is -1.87. The molecule has 23 heavy (non-hydrogen) atoms. The number of non-ortho nitro benzene ring substituents is 1. The summed E-state index contributed by atoms with van der Waals surface area (Å²) >= 11 is 0. The molecule has 0 bridgehead atoms. The SMILES string of the molecule is C=Cc1ccc([N+](=O)[O-])cc1.CCCCCC(C)=O.OCCO. The molecule has 0 radical (unpaired) electrons. The lowest BCUT2D eigenvalue weighted by molar-refractivity contribution is -0.384. The molecule has 6 nitrogen and oxygen atoms in total. The third-order valence-electron chi connectivity index (χ3n) is 2.57. The Morgan fingerprint density at radius 1 is 1.22 bits per heavy atom. The molecule has 0 saturated heterocycles. The van der Waals surface area contributed by atoms with Crippen LogP contribution in [0, 0.1) is 10.1 Å². The summed E-state index contributed by atoms with van der Waals surface area (Å²) in [4.78, 5) is 20.1. The molecule has 0 spiro atoms. The molecule has 6 heteroatoms. The van der Waals surface area contributed by atoms with E-state index in [0.717, 1.165) is 18.4 Å². The number of ketones is 1. The van der Waals surface area contributed by atoms with E-state index >= 15 is 0 Å². The van der Waals surface area contributed by atoms with Gasteiger partial charge in [-0.15, -0.1) is 0 Å². The molecular formula is C17H27NO5. The summed E-state index contributed by atoms with van der Waals surface area (Å²) in [6, 6.07) is 6.23. The maximum absolute atomic E-state index is 10.3. The molecule has 2 N–H and O–H groups in total. The van der Waals surface area contributed by atoms with Gasteiger partial charge in [0.2, 0.25) is 0 Å². The monoisotopic (exact) mass is 325 g/mol. The van der Waals surface area contributed by atoms with Gasteiger partial charge in [-0.2, -0.15) is 0 Å². The zero-order valence-electron chi connectivity index (χ0n) is 13.9. The Balaban J connectivity index is 0. The van der Waals surface area contributed by atoms with Crippen molar-refractivity contribution in [3.05, 3.63) is 46.5 Å². The third-order valence-corrected chi connectivity index (χ3v) is 2.57. The highest BCUT2D eigenvalue weighted by Crippen LogP contribution is 2.11. The highest BCUT2D eigenvalue weighted by atomic mass is 16.6. The van der Waals surface area contributed by atoms with Crippen LogP contribution in [-0.2, 0) is 4.79 Å². The predicted octanol–water partition coefficient (Wildman–Crippen LogP) is 3.36. The van der Waals surface area contributed by atoms with Gasteiger partial charge in [0.25, 0.3) is 5.69 Å². The number of benzene rings is 1. The van der Waals surface area contributed by atoms with E-state index in [1.165, 1.54) is 25.0 Å². The van der Waals surface area contributed by atoms with Crippen molar-refractivity contribution in [2.24, 2.45) is 0 Å². The molecular weight excluding hydrogens is 298 g/mol. The summed E-state index contributed by atoms with van der Waals surface area (Å²) < 4.78 is 0. The number of hydrogen-bond donors (Lipinski definition) is 2. The van der Waals surface area contributed by atoms with Gasteiger partial charge in [-0.25, -0.2) is 0 Å². The summed E-state index contributed by atoms with van der Waals surface area (Å²) in [6.45, 7) is 7.07. The van der Waals surface area contributed by atoms with E-state index in [1.807, 2.05) is 0 Å². The van der Waals surface area contributed by atoms with E-state index in [-0.39, 0.29) is 18.9 Å². The van der Waals surface area contributed by atoms with Gasteiger partial charge in [-0.05, 0) is 31.0 Å². The fraction of sp³-hybridized carbons (Fsp3) is 0.471. The number of unbranched alkanes of at least 4 members (excludes halogenated alkanes) is 2. The standard InChI is InChI=1S/C8H7NO2.C7H14O.C2H6O2/c1-2-7-3-5-8(6-4-7)9(10)11;1-3-4-5-6-7(2)8;3-1-2-4/h2-6H,1H2;3-6H2,1-2H3;3-4H,1-2H2. The minimum absolute atomic E-state index is 0.107. The lowest BCUT2D eigenvalue weighted by Gasteiger charge is -1.91. The molecule has 1 aromatic rings. The van der Waals surface area contributed by atoms with Crippen LogP contribution in [0.2, 0.25) is 0 Å². The number of nitrogens with zero attached hydrogens (tertiary/aromatic N) is 1. The first-order chi connectivity index (χ1) is 10.9. The molecule has 0 unspecified atom stereocenters. The first-order valence-electron chi connectivity index (χ1n) is 7.50. The van der Waals surface area contributed by atoms with E-state index in [9.17, 15) is 14.9 Å². The van der Waals surface area contributed by atoms with Crippen molar-refractivity contribution < 1.29 is 19.9 Å². The zero-order chi connectivity index (χ0) is 18.1. The first-order valence-corrected chi connectivity index (χ1v) is 7.50. The molecule has 1 rings (SSSR count). The number of Topliss-reactive ketones (excluding diaryl/α,β-unsaturated/α-hetero) is 1. The van der Waals surface area contributed by atoms with Gasteiger partial charge < -0.3 is 15.0 Å². The van der Waals surface area contributed by atoms with Crippen LogP contribution in [0.3, 0.4) is 0 Å². The minimum Gasteiger partial charge on any atom is -0.394 e. The molecule has 0 heterocycles. The number of nitro benzene ring substituents is 1. The van der Waals surface area contributed by atoms with Crippen LogP contribution < -0.4 is 0 Å². The number of aliphatic hydroxyl groups is 2. The van der Waals surface area contributed by atoms with Gasteiger partial charge in [0.15, 0.2) is 0 Å². The number of aliphatic hydroxyl groups excluding tert-OH is 2. The topological polar surface area (TPSA) is 101 Å². The molecule has 130 valence electrons. The molecule has 0 saturated carbocycles. The smallest absolute Gasteiger partial charge is 0.269 e. The Kier molecular flexibility index (Phi) is 16.5. The van der Waals surface area contributed by atoms with Crippen LogP contribution >= 0.6 is 0 Å². The molecule has 0 aromatic heterocycles. The van der Waals surface area contributed by atoms with Crippen LogP contribution in [-0.4, -0.2) is 34.1 Å². The number of nitro groups is 1. The molecule has 0 amide bonds. The van der Waals surface area contributed by atoms with Crippen molar-refractivity contribution in [1.82, 2.24) is 0 Å². The summed E-state index contributed by atoms with van der Waals surface area (Å²) in [5, 5.41) is 25.4. The molecule has 0 fully saturated rings. The lowest BCUT2D eigenvalue weighted by atomic mass is 10.2. The van der Waals surface area contributed by atoms with E-state index in [0.29, 0.717) is 5.78 Å². The number of hydrogen-bond acceptors (Lipinski definition) is 5. The highest BCUT2D eigenvalue weighted by Gasteiger charge is 2.01. The van der Waals surface area contributed by atoms with Crippen LogP contribution in [0.15, 0.2) is 30.8 Å². The van der Waals surface area contributed by atoms with Crippen molar-refractivity contribution >= 4 is 17.5 Å². The van der Waals surface area contributed by atoms with Crippen molar-refractivity contribution in [3.8, 4) is 0 Å². The summed E-state index contributed by atoms with van der Waals surface area (Å²) in [5.74, 6) is 0.318. The fourth-order valence-corrected chi connectivity index (χ4v) is 1.36. The Hall–Kier alpha value is -2.05. The second-order valence-electron chi connectivity index (χ2n) is 4.66. The van der Waals surface area contributed by atoms with E-state index < -0.39 is 4.92 Å². The molecule has 1 aromatic carbocycles. The third kappa shape index (κ3) is 16.2. The average Bonchev–Trinajstić information content (AvgIpc) is 2.55. The number of carbonyl (C=O) groups excluding carboxylic acids is 1. The van der Waals surface area contributed by atoms with Gasteiger partial charge in [-0.3, -0.25) is 10.1 Å². The second-order valence-corrected chi connectivity index (χ2v) is 4.66. The van der Waals surface area contributed by atoms with Gasteiger partial charge in [0, 0.05) is 18.6 Å². The van der Waals surface area contributed by atoms with Gasteiger partial charge >= 0.3 is 0 Å². The summed E-state index contributed by atoms with van der Waals surface area (Å²) in [7, 11) is 0. The van der Waals surface area contributed by atoms with Crippen molar-refractivity contribution in [1.29, 1.82) is 0 Å². The Morgan fingerprint density at radius 2 is 1.74 bits per heavy atom. The Labute approximate surface area is 137 Å². The van der Waals surface area contributed by atoms with Crippen LogP contribution in [0.1, 0.15) is 45.1 Å². The number of carbonyl (C=O) groups is 1. The van der Waals surface area contributed by atoms with Gasteiger partial charge in [-0.1, -0.05) is 32.4 Å². The van der Waals surface area contributed by atoms with E-state index in [1.54, 1.807) is 25.1 Å². The second kappa shape index (κ2) is 16.3. The quantitative estimate of drug-likeness (QED) is 0.455. The van der Waals surface area contributed by atoms with Crippen LogP contribution in [0.25, 0.3) is 6.08 Å². The van der Waals surface area contributed by atoms with Crippen molar-refractivity contribution in [3.63, 3.8) is 0 Å². The fourth-order valence-electron chi connectivity index (χ4n) is 1.36. The summed E-state index contributed by atoms with van der Waals surface area (Å²) in [5.41, 5.74) is 0.992. The van der Waals surface area contributed by atoms with E-state index in [4.69, 9.17) is 10.2 Å². The van der Waals surface area contributed by atoms with Crippen molar-refractivity contribution in [2.75, 3.05) is 13.2 Å². The minimum atomic E-state index is -0.424. The molecule has 0 aliphatic carbocycles. The first kappa shape index (κ1) is 23.2. The molecule has 0 aliphatic rings. The predicted molar refractivity (Wildman–Crippen MR) is 92.2 cm³/mol. The normalized spacial score (nSPS) is 8.87. The number of rotatable bonds is 7. The molecule has 0 atom stereocenters. The maximum atomic E-state index is 10.3. The highest BCUT2D eigenvalue weighted by molar-refractivity contribution is 5.75.